The van der Waals surface area contributed by atoms with Gasteiger partial charge >= 0.3 is 6.18 Å². The van der Waals surface area contributed by atoms with Gasteiger partial charge in [-0.1, -0.05) is 12.1 Å². The van der Waals surface area contributed by atoms with Gasteiger partial charge in [0.15, 0.2) is 0 Å². The van der Waals surface area contributed by atoms with Crippen molar-refractivity contribution in [1.29, 1.82) is 0 Å². The first-order valence-electron chi connectivity index (χ1n) is 8.17. The number of amides is 1. The van der Waals surface area contributed by atoms with Crippen molar-refractivity contribution >= 4 is 11.6 Å². The highest BCUT2D eigenvalue weighted by Crippen LogP contribution is 2.31. The molecule has 0 aromatic heterocycles. The third-order valence-electron chi connectivity index (χ3n) is 3.96. The number of halogens is 3. The lowest BCUT2D eigenvalue weighted by Gasteiger charge is -2.17. The minimum atomic E-state index is -4.41. The number of benzene rings is 2. The lowest BCUT2D eigenvalue weighted by Crippen LogP contribution is -2.30. The number of hydrogen-bond donors (Lipinski definition) is 2. The molecule has 2 aromatic carbocycles. The Morgan fingerprint density at radius 3 is 2.48 bits per heavy atom. The molecule has 0 fully saturated rings. The number of nitrogens with one attached hydrogen (secondary N) is 2. The Kier molecular flexibility index (Phi) is 6.68. The fourth-order valence-electron chi connectivity index (χ4n) is 2.45. The van der Waals surface area contributed by atoms with Crippen LogP contribution < -0.4 is 20.1 Å². The third-order valence-corrected chi connectivity index (χ3v) is 3.96. The molecule has 8 heteroatoms. The van der Waals surface area contributed by atoms with Crippen LogP contribution in [0.1, 0.15) is 24.1 Å². The molecule has 0 saturated heterocycles. The maximum atomic E-state index is 12.8. The second-order valence-corrected chi connectivity index (χ2v) is 5.84. The van der Waals surface area contributed by atoms with Crippen LogP contribution in [0.2, 0.25) is 0 Å². The molecule has 0 unspecified atom stereocenters. The van der Waals surface area contributed by atoms with Crippen LogP contribution in [0.4, 0.5) is 18.9 Å². The van der Waals surface area contributed by atoms with Crippen molar-refractivity contribution in [3.63, 3.8) is 0 Å². The predicted octanol–water partition coefficient (Wildman–Crippen LogP) is 4.01. The monoisotopic (exact) mass is 382 g/mol. The van der Waals surface area contributed by atoms with Crippen LogP contribution in [0.15, 0.2) is 42.5 Å². The van der Waals surface area contributed by atoms with Crippen LogP contribution in [0, 0.1) is 0 Å². The van der Waals surface area contributed by atoms with Crippen molar-refractivity contribution < 1.29 is 27.4 Å². The van der Waals surface area contributed by atoms with E-state index in [4.69, 9.17) is 9.47 Å². The number of alkyl halides is 3. The summed E-state index contributed by atoms with van der Waals surface area (Å²) in [5.41, 5.74) is 0.158. The summed E-state index contributed by atoms with van der Waals surface area (Å²) in [5.74, 6) is 0.659. The van der Waals surface area contributed by atoms with E-state index in [1.165, 1.54) is 20.3 Å². The third kappa shape index (κ3) is 5.62. The number of carbonyl (C=O) groups excluding carboxylic acids is 1. The molecule has 1 amide bonds. The van der Waals surface area contributed by atoms with E-state index in [9.17, 15) is 18.0 Å². The normalized spacial score (nSPS) is 12.4. The van der Waals surface area contributed by atoms with Gasteiger partial charge in [0, 0.05) is 12.1 Å². The number of rotatable bonds is 7. The van der Waals surface area contributed by atoms with Crippen LogP contribution in [0.3, 0.4) is 0 Å². The lowest BCUT2D eigenvalue weighted by molar-refractivity contribution is -0.137. The smallest absolute Gasteiger partial charge is 0.416 e. The molecule has 1 atom stereocenters. The van der Waals surface area contributed by atoms with E-state index in [1.54, 1.807) is 31.2 Å². The zero-order chi connectivity index (χ0) is 20.0. The van der Waals surface area contributed by atoms with E-state index < -0.39 is 17.8 Å². The zero-order valence-corrected chi connectivity index (χ0v) is 15.2. The minimum absolute atomic E-state index is 0.0855. The van der Waals surface area contributed by atoms with Crippen molar-refractivity contribution in [2.75, 3.05) is 26.1 Å². The number of anilines is 1. The SMILES string of the molecule is COc1ccc(OC)c(NC(=O)CN[C@H](C)c2cccc(C(F)(F)F)c2)c1. The lowest BCUT2D eigenvalue weighted by atomic mass is 10.0. The second kappa shape index (κ2) is 8.77. The van der Waals surface area contributed by atoms with Crippen molar-refractivity contribution in [3.05, 3.63) is 53.6 Å². The van der Waals surface area contributed by atoms with Gasteiger partial charge in [0.05, 0.1) is 32.0 Å². The number of ether oxygens (including phenoxy) is 2. The molecule has 5 nitrogen and oxygen atoms in total. The topological polar surface area (TPSA) is 59.6 Å². The molecule has 0 spiro atoms. The number of hydrogen-bond acceptors (Lipinski definition) is 4. The standard InChI is InChI=1S/C19H21F3N2O3/c1-12(13-5-4-6-14(9-13)19(20,21)22)23-11-18(25)24-16-10-15(26-2)7-8-17(16)27-3/h4-10,12,23H,11H2,1-3H3,(H,24,25)/t12-/m1/s1. The van der Waals surface area contributed by atoms with Gasteiger partial charge in [0.2, 0.25) is 5.91 Å². The fraction of sp³-hybridized carbons (Fsp3) is 0.316. The molecular weight excluding hydrogens is 361 g/mol. The summed E-state index contributed by atoms with van der Waals surface area (Å²) >= 11 is 0. The molecule has 0 saturated carbocycles. The molecule has 2 rings (SSSR count). The van der Waals surface area contributed by atoms with Crippen molar-refractivity contribution in [3.8, 4) is 11.5 Å². The Hall–Kier alpha value is -2.74. The molecule has 0 heterocycles. The van der Waals surface area contributed by atoms with E-state index in [1.807, 2.05) is 0 Å². The van der Waals surface area contributed by atoms with E-state index in [0.717, 1.165) is 12.1 Å². The van der Waals surface area contributed by atoms with Crippen molar-refractivity contribution in [2.24, 2.45) is 0 Å². The maximum absolute atomic E-state index is 12.8. The van der Waals surface area contributed by atoms with Crippen molar-refractivity contribution in [1.82, 2.24) is 5.32 Å². The Balaban J connectivity index is 2.00. The van der Waals surface area contributed by atoms with E-state index in [2.05, 4.69) is 10.6 Å². The van der Waals surface area contributed by atoms with E-state index in [0.29, 0.717) is 22.7 Å². The van der Waals surface area contributed by atoms with Crippen LogP contribution >= 0.6 is 0 Å². The number of carbonyl (C=O) groups is 1. The first-order valence-corrected chi connectivity index (χ1v) is 8.17. The van der Waals surface area contributed by atoms with Gasteiger partial charge in [-0.2, -0.15) is 13.2 Å². The highest BCUT2D eigenvalue weighted by molar-refractivity contribution is 5.94. The van der Waals surface area contributed by atoms with Gasteiger partial charge < -0.3 is 20.1 Å². The quantitative estimate of drug-likeness (QED) is 0.760. The summed E-state index contributed by atoms with van der Waals surface area (Å²) in [5, 5.41) is 5.60. The summed E-state index contributed by atoms with van der Waals surface area (Å²) in [7, 11) is 2.98. The second-order valence-electron chi connectivity index (χ2n) is 5.84. The largest absolute Gasteiger partial charge is 0.497 e. The predicted molar refractivity (Wildman–Crippen MR) is 96.0 cm³/mol. The molecule has 27 heavy (non-hydrogen) atoms. The van der Waals surface area contributed by atoms with Gasteiger partial charge in [-0.3, -0.25) is 4.79 Å². The Morgan fingerprint density at radius 1 is 1.11 bits per heavy atom. The van der Waals surface area contributed by atoms with Crippen LogP contribution in [0.5, 0.6) is 11.5 Å². The number of methoxy groups -OCH3 is 2. The molecule has 2 N–H and O–H groups in total. The molecular formula is C19H21F3N2O3. The summed E-state index contributed by atoms with van der Waals surface area (Å²) in [6.45, 7) is 1.60. The van der Waals surface area contributed by atoms with Gasteiger partial charge in [-0.05, 0) is 36.8 Å². The summed E-state index contributed by atoms with van der Waals surface area (Å²) in [6.07, 6.45) is -4.41. The molecule has 0 aliphatic carbocycles. The van der Waals surface area contributed by atoms with Crippen LogP contribution in [-0.2, 0) is 11.0 Å². The van der Waals surface area contributed by atoms with Gasteiger partial charge in [0.25, 0.3) is 0 Å². The molecule has 2 aromatic rings. The molecule has 0 radical (unpaired) electrons. The average molecular weight is 382 g/mol. The molecule has 0 aliphatic heterocycles. The average Bonchev–Trinajstić information content (AvgIpc) is 2.65. The van der Waals surface area contributed by atoms with Crippen molar-refractivity contribution in [2.45, 2.75) is 19.1 Å². The van der Waals surface area contributed by atoms with E-state index in [-0.39, 0.29) is 12.5 Å². The van der Waals surface area contributed by atoms with Gasteiger partial charge in [0.1, 0.15) is 11.5 Å². The Morgan fingerprint density at radius 2 is 1.85 bits per heavy atom. The molecule has 0 aliphatic rings. The first kappa shape index (κ1) is 20.6. The fourth-order valence-corrected chi connectivity index (χ4v) is 2.45. The maximum Gasteiger partial charge on any atom is 0.416 e. The summed E-state index contributed by atoms with van der Waals surface area (Å²) in [6, 6.07) is 9.54. The summed E-state index contributed by atoms with van der Waals surface area (Å²) < 4.78 is 48.7. The Bertz CT molecular complexity index is 794. The van der Waals surface area contributed by atoms with Gasteiger partial charge in [-0.25, -0.2) is 0 Å². The molecule has 146 valence electrons. The van der Waals surface area contributed by atoms with Crippen LogP contribution in [-0.4, -0.2) is 26.7 Å². The summed E-state index contributed by atoms with van der Waals surface area (Å²) in [4.78, 5) is 12.2. The first-order chi connectivity index (χ1) is 12.7. The Labute approximate surface area is 155 Å². The molecule has 0 bridgehead atoms. The zero-order valence-electron chi connectivity index (χ0n) is 15.2. The highest BCUT2D eigenvalue weighted by Gasteiger charge is 2.30. The van der Waals surface area contributed by atoms with Gasteiger partial charge in [-0.15, -0.1) is 0 Å². The minimum Gasteiger partial charge on any atom is -0.497 e. The highest BCUT2D eigenvalue weighted by atomic mass is 19.4. The van der Waals surface area contributed by atoms with E-state index >= 15 is 0 Å². The van der Waals surface area contributed by atoms with Crippen LogP contribution in [0.25, 0.3) is 0 Å².